The van der Waals surface area contributed by atoms with Gasteiger partial charge >= 0.3 is 0 Å². The van der Waals surface area contributed by atoms with Crippen molar-refractivity contribution in [2.75, 3.05) is 0 Å². The zero-order chi connectivity index (χ0) is 8.48. The Morgan fingerprint density at radius 2 is 2.18 bits per heavy atom. The van der Waals surface area contributed by atoms with Crippen LogP contribution in [0.5, 0.6) is 0 Å². The van der Waals surface area contributed by atoms with Crippen molar-refractivity contribution in [2.45, 2.75) is 12.1 Å². The van der Waals surface area contributed by atoms with Crippen LogP contribution in [0.1, 0.15) is 6.42 Å². The fraction of sp³-hybridized carbons (Fsp3) is 0.286. The number of alkyl halides is 1. The number of halogens is 3. The minimum absolute atomic E-state index is 0.112. The van der Waals surface area contributed by atoms with E-state index >= 15 is 0 Å². The molecule has 0 N–H and O–H groups in total. The maximum Gasteiger partial charge on any atom is 0.193 e. The molecule has 0 aromatic heterocycles. The molecule has 0 saturated carbocycles. The average molecular weight is 162 g/mol. The van der Waals surface area contributed by atoms with E-state index in [0.717, 1.165) is 0 Å². The van der Waals surface area contributed by atoms with Gasteiger partial charge in [0.25, 0.3) is 0 Å². The Morgan fingerprint density at radius 1 is 1.55 bits per heavy atom. The zero-order valence-corrected chi connectivity index (χ0v) is 5.48. The first kappa shape index (κ1) is 8.04. The smallest absolute Gasteiger partial charge is 0.193 e. The van der Waals surface area contributed by atoms with Crippen molar-refractivity contribution in [1.82, 2.24) is 0 Å². The first-order chi connectivity index (χ1) is 5.06. The van der Waals surface area contributed by atoms with Gasteiger partial charge in [-0.2, -0.15) is 0 Å². The Bertz CT molecular complexity index is 244. The normalized spacial score (nSPS) is 30.8. The van der Waals surface area contributed by atoms with E-state index in [1.165, 1.54) is 0 Å². The van der Waals surface area contributed by atoms with Crippen LogP contribution in [0.4, 0.5) is 13.2 Å². The van der Waals surface area contributed by atoms with Crippen LogP contribution >= 0.6 is 0 Å². The molecule has 1 unspecified atom stereocenters. The largest absolute Gasteiger partial charge is 0.299 e. The standard InChI is InChI=1S/C7H5F3O/c8-5-1-6(9)3-7(10,2-5)4-11/h1-2,4H,3H2. The number of allylic oxidation sites excluding steroid dienone is 4. The predicted octanol–water partition coefficient (Wildman–Crippen LogP) is 2.00. The zero-order valence-electron chi connectivity index (χ0n) is 5.48. The van der Waals surface area contributed by atoms with Crippen molar-refractivity contribution in [2.24, 2.45) is 0 Å². The summed E-state index contributed by atoms with van der Waals surface area (Å²) in [5.41, 5.74) is -2.50. The lowest BCUT2D eigenvalue weighted by atomic mass is 9.98. The Balaban J connectivity index is 2.95. The summed E-state index contributed by atoms with van der Waals surface area (Å²) in [7, 11) is 0. The van der Waals surface area contributed by atoms with Gasteiger partial charge in [-0.25, -0.2) is 13.2 Å². The molecular formula is C7H5F3O. The molecule has 0 amide bonds. The summed E-state index contributed by atoms with van der Waals surface area (Å²) in [5, 5.41) is 0. The summed E-state index contributed by atoms with van der Waals surface area (Å²) in [4.78, 5) is 9.99. The van der Waals surface area contributed by atoms with Gasteiger partial charge in [0.2, 0.25) is 0 Å². The molecule has 1 aliphatic carbocycles. The van der Waals surface area contributed by atoms with Crippen molar-refractivity contribution in [3.63, 3.8) is 0 Å². The lowest BCUT2D eigenvalue weighted by molar-refractivity contribution is -0.115. The van der Waals surface area contributed by atoms with Gasteiger partial charge < -0.3 is 0 Å². The topological polar surface area (TPSA) is 17.1 Å². The van der Waals surface area contributed by atoms with Crippen molar-refractivity contribution in [1.29, 1.82) is 0 Å². The highest BCUT2D eigenvalue weighted by atomic mass is 19.2. The van der Waals surface area contributed by atoms with Crippen LogP contribution in [0.3, 0.4) is 0 Å². The number of carbonyl (C=O) groups excluding carboxylic acids is 1. The molecule has 0 aromatic rings. The molecule has 0 bridgehead atoms. The summed E-state index contributed by atoms with van der Waals surface area (Å²) in [6, 6.07) is 0. The Labute approximate surface area is 61.2 Å². The third-order valence-electron chi connectivity index (χ3n) is 1.31. The Morgan fingerprint density at radius 3 is 2.64 bits per heavy atom. The summed E-state index contributed by atoms with van der Waals surface area (Å²) in [5.74, 6) is -2.01. The van der Waals surface area contributed by atoms with Crippen molar-refractivity contribution >= 4 is 6.29 Å². The second-order valence-corrected chi connectivity index (χ2v) is 2.34. The predicted molar refractivity (Wildman–Crippen MR) is 32.9 cm³/mol. The van der Waals surface area contributed by atoms with Crippen LogP contribution in [-0.4, -0.2) is 12.0 Å². The molecule has 1 nitrogen and oxygen atoms in total. The molecule has 0 spiro atoms. The highest BCUT2D eigenvalue weighted by Gasteiger charge is 2.32. The second kappa shape index (κ2) is 2.53. The van der Waals surface area contributed by atoms with Crippen LogP contribution in [0.2, 0.25) is 0 Å². The van der Waals surface area contributed by atoms with Crippen LogP contribution in [0, 0.1) is 0 Å². The fourth-order valence-corrected chi connectivity index (χ4v) is 0.857. The molecule has 0 fully saturated rings. The van der Waals surface area contributed by atoms with E-state index in [1.54, 1.807) is 0 Å². The molecule has 0 radical (unpaired) electrons. The highest BCUT2D eigenvalue weighted by molar-refractivity contribution is 5.68. The molecule has 11 heavy (non-hydrogen) atoms. The molecule has 60 valence electrons. The van der Waals surface area contributed by atoms with E-state index in [2.05, 4.69) is 0 Å². The minimum atomic E-state index is -2.50. The summed E-state index contributed by atoms with van der Waals surface area (Å²) >= 11 is 0. The van der Waals surface area contributed by atoms with Gasteiger partial charge in [0.15, 0.2) is 12.0 Å². The average Bonchev–Trinajstić information content (AvgIpc) is 1.84. The number of hydrogen-bond donors (Lipinski definition) is 0. The molecule has 4 heteroatoms. The second-order valence-electron chi connectivity index (χ2n) is 2.34. The summed E-state index contributed by atoms with van der Waals surface area (Å²) in [6.07, 6.45) is 0.202. The molecule has 1 atom stereocenters. The SMILES string of the molecule is O=CC1(F)C=C(F)C=C(F)C1. The lowest BCUT2D eigenvalue weighted by Crippen LogP contribution is -2.24. The van der Waals surface area contributed by atoms with Crippen molar-refractivity contribution < 1.29 is 18.0 Å². The van der Waals surface area contributed by atoms with Crippen LogP contribution in [-0.2, 0) is 4.79 Å². The number of aldehydes is 1. The van der Waals surface area contributed by atoms with Gasteiger partial charge in [-0.15, -0.1) is 0 Å². The van der Waals surface area contributed by atoms with Crippen molar-refractivity contribution in [3.05, 3.63) is 23.8 Å². The van der Waals surface area contributed by atoms with Gasteiger partial charge in [-0.05, 0) is 6.08 Å². The third kappa shape index (κ3) is 1.69. The van der Waals surface area contributed by atoms with Gasteiger partial charge in [-0.1, -0.05) is 0 Å². The Hall–Kier alpha value is -1.06. The fourth-order valence-electron chi connectivity index (χ4n) is 0.857. The van der Waals surface area contributed by atoms with E-state index in [4.69, 9.17) is 0 Å². The maximum atomic E-state index is 12.8. The van der Waals surface area contributed by atoms with E-state index in [0.29, 0.717) is 12.2 Å². The first-order valence-electron chi connectivity index (χ1n) is 2.95. The molecule has 0 saturated heterocycles. The highest BCUT2D eigenvalue weighted by Crippen LogP contribution is 2.29. The maximum absolute atomic E-state index is 12.8. The van der Waals surface area contributed by atoms with Gasteiger partial charge in [0.05, 0.1) is 0 Å². The summed E-state index contributed by atoms with van der Waals surface area (Å²) in [6.45, 7) is 0. The molecule has 1 aliphatic rings. The Kier molecular flexibility index (Phi) is 1.85. The van der Waals surface area contributed by atoms with Crippen LogP contribution < -0.4 is 0 Å². The number of hydrogen-bond acceptors (Lipinski definition) is 1. The van der Waals surface area contributed by atoms with E-state index < -0.39 is 23.7 Å². The molecule has 0 aliphatic heterocycles. The number of carbonyl (C=O) groups is 1. The molecular weight excluding hydrogens is 157 g/mol. The molecule has 0 aromatic carbocycles. The molecule has 0 heterocycles. The van der Waals surface area contributed by atoms with Gasteiger partial charge in [0, 0.05) is 12.5 Å². The molecule has 1 rings (SSSR count). The van der Waals surface area contributed by atoms with Crippen molar-refractivity contribution in [3.8, 4) is 0 Å². The first-order valence-corrected chi connectivity index (χ1v) is 2.95. The quantitative estimate of drug-likeness (QED) is 0.539. The van der Waals surface area contributed by atoms with Gasteiger partial charge in [-0.3, -0.25) is 4.79 Å². The summed E-state index contributed by atoms with van der Waals surface area (Å²) < 4.78 is 37.4. The van der Waals surface area contributed by atoms with Crippen LogP contribution in [0.25, 0.3) is 0 Å². The van der Waals surface area contributed by atoms with E-state index in [1.807, 2.05) is 0 Å². The lowest BCUT2D eigenvalue weighted by Gasteiger charge is -2.15. The van der Waals surface area contributed by atoms with Gasteiger partial charge in [0.1, 0.15) is 11.7 Å². The monoisotopic (exact) mass is 162 g/mol. The number of rotatable bonds is 1. The minimum Gasteiger partial charge on any atom is -0.299 e. The van der Waals surface area contributed by atoms with E-state index in [9.17, 15) is 18.0 Å². The van der Waals surface area contributed by atoms with Crippen LogP contribution in [0.15, 0.2) is 23.8 Å². The van der Waals surface area contributed by atoms with E-state index in [-0.39, 0.29) is 6.29 Å². The third-order valence-corrected chi connectivity index (χ3v) is 1.31.